The summed E-state index contributed by atoms with van der Waals surface area (Å²) in [6.45, 7) is 3.72. The first kappa shape index (κ1) is 8.22. The van der Waals surface area contributed by atoms with Gasteiger partial charge in [-0.05, 0) is 19.9 Å². The first-order valence-corrected chi connectivity index (χ1v) is 4.57. The Morgan fingerprint density at radius 3 is 2.93 bits per heavy atom. The van der Waals surface area contributed by atoms with Gasteiger partial charge in [0.25, 0.3) is 0 Å². The fourth-order valence-corrected chi connectivity index (χ4v) is 1.60. The molecule has 3 aromatic rings. The van der Waals surface area contributed by atoms with Crippen LogP contribution in [0.4, 0.5) is 0 Å². The molecule has 0 N–H and O–H groups in total. The van der Waals surface area contributed by atoms with Gasteiger partial charge >= 0.3 is 0 Å². The predicted molar refractivity (Wildman–Crippen MR) is 53.4 cm³/mol. The summed E-state index contributed by atoms with van der Waals surface area (Å²) >= 11 is 0. The highest BCUT2D eigenvalue weighted by Gasteiger charge is 2.09. The maximum atomic E-state index is 4.35. The molecule has 0 aliphatic carbocycles. The summed E-state index contributed by atoms with van der Waals surface area (Å²) in [4.78, 5) is 8.65. The Bertz CT molecular complexity index is 656. The van der Waals surface area contributed by atoms with Crippen LogP contribution < -0.4 is 0 Å². The highest BCUT2D eigenvalue weighted by molar-refractivity contribution is 5.88. The van der Waals surface area contributed by atoms with Crippen LogP contribution in [0.2, 0.25) is 0 Å². The third-order valence-corrected chi connectivity index (χ3v) is 2.23. The monoisotopic (exact) mass is 200 g/mol. The van der Waals surface area contributed by atoms with Gasteiger partial charge in [0.05, 0.1) is 11.6 Å². The van der Waals surface area contributed by atoms with E-state index in [1.165, 1.54) is 0 Å². The van der Waals surface area contributed by atoms with E-state index in [-0.39, 0.29) is 0 Å². The van der Waals surface area contributed by atoms with Gasteiger partial charge in [-0.25, -0.2) is 9.97 Å². The zero-order valence-electron chi connectivity index (χ0n) is 8.34. The average molecular weight is 200 g/mol. The first-order valence-electron chi connectivity index (χ1n) is 4.57. The second-order valence-corrected chi connectivity index (χ2v) is 3.32. The SMILES string of the molecule is Cc1nc2c3ccnnc3nc(C)n2n1. The molecule has 3 rings (SSSR count). The largest absolute Gasteiger partial charge is 0.211 e. The van der Waals surface area contributed by atoms with E-state index in [0.717, 1.165) is 22.7 Å². The van der Waals surface area contributed by atoms with E-state index >= 15 is 0 Å². The van der Waals surface area contributed by atoms with Crippen LogP contribution in [0, 0.1) is 13.8 Å². The van der Waals surface area contributed by atoms with Crippen molar-refractivity contribution in [3.05, 3.63) is 23.9 Å². The van der Waals surface area contributed by atoms with Crippen molar-refractivity contribution in [3.8, 4) is 0 Å². The average Bonchev–Trinajstić information content (AvgIpc) is 2.61. The van der Waals surface area contributed by atoms with Gasteiger partial charge in [0.1, 0.15) is 11.6 Å². The van der Waals surface area contributed by atoms with E-state index in [0.29, 0.717) is 5.65 Å². The summed E-state index contributed by atoms with van der Waals surface area (Å²) in [6, 6.07) is 1.85. The molecule has 0 aliphatic rings. The molecule has 0 unspecified atom stereocenters. The van der Waals surface area contributed by atoms with E-state index in [2.05, 4.69) is 25.3 Å². The van der Waals surface area contributed by atoms with Gasteiger partial charge in [-0.3, -0.25) is 0 Å². The standard InChI is InChI=1S/C9H8N6/c1-5-11-9-7-3-4-10-13-8(7)12-6(2)15(9)14-5/h3-4H,1-2H3. The molecule has 0 aromatic carbocycles. The molecule has 0 spiro atoms. The summed E-state index contributed by atoms with van der Waals surface area (Å²) in [5, 5.41) is 12.9. The van der Waals surface area contributed by atoms with Crippen molar-refractivity contribution in [1.29, 1.82) is 0 Å². The van der Waals surface area contributed by atoms with Crippen LogP contribution in [0.5, 0.6) is 0 Å². The quantitative estimate of drug-likeness (QED) is 0.534. The smallest absolute Gasteiger partial charge is 0.187 e. The van der Waals surface area contributed by atoms with Crippen molar-refractivity contribution >= 4 is 16.7 Å². The van der Waals surface area contributed by atoms with Gasteiger partial charge in [-0.2, -0.15) is 9.61 Å². The van der Waals surface area contributed by atoms with E-state index in [1.807, 2.05) is 19.9 Å². The van der Waals surface area contributed by atoms with E-state index in [9.17, 15) is 0 Å². The third-order valence-electron chi connectivity index (χ3n) is 2.23. The summed E-state index contributed by atoms with van der Waals surface area (Å²) in [6.07, 6.45) is 1.63. The Hall–Kier alpha value is -2.11. The van der Waals surface area contributed by atoms with Crippen molar-refractivity contribution in [2.45, 2.75) is 13.8 Å². The van der Waals surface area contributed by atoms with Crippen LogP contribution in [0.25, 0.3) is 16.7 Å². The van der Waals surface area contributed by atoms with Gasteiger partial charge in [0.15, 0.2) is 11.3 Å². The maximum absolute atomic E-state index is 4.35. The zero-order valence-corrected chi connectivity index (χ0v) is 8.34. The number of fused-ring (bicyclic) bond motifs is 3. The van der Waals surface area contributed by atoms with Crippen LogP contribution in [-0.2, 0) is 0 Å². The number of nitrogens with zero attached hydrogens (tertiary/aromatic N) is 6. The van der Waals surface area contributed by atoms with Crippen molar-refractivity contribution in [2.75, 3.05) is 0 Å². The first-order chi connectivity index (χ1) is 7.25. The zero-order chi connectivity index (χ0) is 10.4. The lowest BCUT2D eigenvalue weighted by Crippen LogP contribution is -2.00. The number of rotatable bonds is 0. The Morgan fingerprint density at radius 2 is 2.07 bits per heavy atom. The molecule has 0 atom stereocenters. The van der Waals surface area contributed by atoms with Crippen LogP contribution in [0.1, 0.15) is 11.6 Å². The van der Waals surface area contributed by atoms with Gasteiger partial charge in [0, 0.05) is 0 Å². The Morgan fingerprint density at radius 1 is 1.20 bits per heavy atom. The molecule has 74 valence electrons. The number of hydrogen-bond acceptors (Lipinski definition) is 5. The number of hydrogen-bond donors (Lipinski definition) is 0. The fraction of sp³-hybridized carbons (Fsp3) is 0.222. The highest BCUT2D eigenvalue weighted by Crippen LogP contribution is 2.14. The lowest BCUT2D eigenvalue weighted by molar-refractivity contribution is 0.852. The van der Waals surface area contributed by atoms with Crippen LogP contribution in [0.15, 0.2) is 12.3 Å². The third kappa shape index (κ3) is 1.08. The molecule has 6 nitrogen and oxygen atoms in total. The molecule has 6 heteroatoms. The van der Waals surface area contributed by atoms with Crippen molar-refractivity contribution < 1.29 is 0 Å². The topological polar surface area (TPSA) is 68.9 Å². The normalized spacial score (nSPS) is 11.3. The lowest BCUT2D eigenvalue weighted by Gasteiger charge is -1.99. The van der Waals surface area contributed by atoms with Crippen LogP contribution in [0.3, 0.4) is 0 Å². The van der Waals surface area contributed by atoms with Crippen molar-refractivity contribution in [1.82, 2.24) is 29.8 Å². The summed E-state index contributed by atoms with van der Waals surface area (Å²) < 4.78 is 1.72. The van der Waals surface area contributed by atoms with Crippen LogP contribution in [-0.4, -0.2) is 29.8 Å². The minimum Gasteiger partial charge on any atom is -0.211 e. The van der Waals surface area contributed by atoms with Gasteiger partial charge in [-0.15, -0.1) is 10.2 Å². The van der Waals surface area contributed by atoms with Crippen LogP contribution >= 0.6 is 0 Å². The molecule has 0 bridgehead atoms. The molecule has 0 saturated carbocycles. The Kier molecular flexibility index (Phi) is 1.47. The van der Waals surface area contributed by atoms with E-state index in [1.54, 1.807) is 10.7 Å². The molecule has 15 heavy (non-hydrogen) atoms. The molecule has 0 saturated heterocycles. The molecular weight excluding hydrogens is 192 g/mol. The van der Waals surface area contributed by atoms with E-state index < -0.39 is 0 Å². The minimum absolute atomic E-state index is 0.606. The molecule has 3 aromatic heterocycles. The summed E-state index contributed by atoms with van der Waals surface area (Å²) in [5.41, 5.74) is 1.39. The highest BCUT2D eigenvalue weighted by atomic mass is 15.3. The van der Waals surface area contributed by atoms with Gasteiger partial charge in [0.2, 0.25) is 0 Å². The molecule has 0 aliphatic heterocycles. The Labute approximate surface area is 85.0 Å². The summed E-state index contributed by atoms with van der Waals surface area (Å²) in [5.74, 6) is 1.49. The lowest BCUT2D eigenvalue weighted by atomic mass is 10.3. The molecule has 0 radical (unpaired) electrons. The second kappa shape index (κ2) is 2.69. The minimum atomic E-state index is 0.606. The summed E-state index contributed by atoms with van der Waals surface area (Å²) in [7, 11) is 0. The molecule has 3 heterocycles. The van der Waals surface area contributed by atoms with Gasteiger partial charge < -0.3 is 0 Å². The van der Waals surface area contributed by atoms with E-state index in [4.69, 9.17) is 0 Å². The fourth-order valence-electron chi connectivity index (χ4n) is 1.60. The predicted octanol–water partition coefficient (Wildman–Crippen LogP) is 0.684. The number of aryl methyl sites for hydroxylation is 2. The maximum Gasteiger partial charge on any atom is 0.187 e. The molecule has 0 amide bonds. The van der Waals surface area contributed by atoms with Crippen molar-refractivity contribution in [2.24, 2.45) is 0 Å². The molecule has 0 fully saturated rings. The second-order valence-electron chi connectivity index (χ2n) is 3.32. The molecular formula is C9H8N6. The van der Waals surface area contributed by atoms with Gasteiger partial charge in [-0.1, -0.05) is 0 Å². The number of aromatic nitrogens is 6. The Balaban J connectivity index is 2.63. The van der Waals surface area contributed by atoms with Crippen molar-refractivity contribution in [3.63, 3.8) is 0 Å².